The molecule has 0 unspecified atom stereocenters. The normalized spacial score (nSPS) is 18.0. The van der Waals surface area contributed by atoms with Gasteiger partial charge in [-0.15, -0.1) is 0 Å². The number of imidazole rings is 1. The predicted molar refractivity (Wildman–Crippen MR) is 139 cm³/mol. The van der Waals surface area contributed by atoms with E-state index in [-0.39, 0.29) is 5.82 Å². The summed E-state index contributed by atoms with van der Waals surface area (Å²) < 4.78 is 20.8. The lowest BCUT2D eigenvalue weighted by Gasteiger charge is -2.49. The van der Waals surface area contributed by atoms with Crippen LogP contribution in [0.1, 0.15) is 18.2 Å². The lowest BCUT2D eigenvalue weighted by molar-refractivity contribution is 0.0961. The SMILES string of the molecule is CCNc1nc(Cc2cc(NI)cc(N3CC(N4CCN(C)CC4)C3)c2F)cn2ccnc12. The summed E-state index contributed by atoms with van der Waals surface area (Å²) >= 11 is 2.11. The van der Waals surface area contributed by atoms with Gasteiger partial charge in [0, 0.05) is 82.6 Å². The van der Waals surface area contributed by atoms with Crippen LogP contribution in [-0.4, -0.2) is 83.1 Å². The van der Waals surface area contributed by atoms with E-state index in [0.29, 0.717) is 23.7 Å². The predicted octanol–water partition coefficient (Wildman–Crippen LogP) is 3.09. The van der Waals surface area contributed by atoms with Gasteiger partial charge in [-0.25, -0.2) is 14.4 Å². The Kier molecular flexibility index (Phi) is 6.57. The number of fused-ring (bicyclic) bond motifs is 1. The summed E-state index contributed by atoms with van der Waals surface area (Å²) in [5, 5.41) is 3.27. The van der Waals surface area contributed by atoms with Gasteiger partial charge in [0.1, 0.15) is 5.82 Å². The highest BCUT2D eigenvalue weighted by atomic mass is 127. The molecule has 5 rings (SSSR count). The van der Waals surface area contributed by atoms with Crippen LogP contribution >= 0.6 is 22.9 Å². The van der Waals surface area contributed by atoms with Crippen LogP contribution in [0.5, 0.6) is 0 Å². The van der Waals surface area contributed by atoms with Gasteiger partial charge in [-0.2, -0.15) is 0 Å². The molecule has 176 valence electrons. The van der Waals surface area contributed by atoms with Crippen molar-refractivity contribution in [3.63, 3.8) is 0 Å². The fourth-order valence-corrected chi connectivity index (χ4v) is 5.01. The summed E-state index contributed by atoms with van der Waals surface area (Å²) in [7, 11) is 2.17. The lowest BCUT2D eigenvalue weighted by atomic mass is 10.0. The maximum absolute atomic E-state index is 15.7. The fourth-order valence-electron chi connectivity index (χ4n) is 4.70. The number of nitrogens with one attached hydrogen (secondary N) is 2. The highest BCUT2D eigenvalue weighted by molar-refractivity contribution is 14.1. The number of halogens is 2. The van der Waals surface area contributed by atoms with Crippen LogP contribution in [0, 0.1) is 5.82 Å². The van der Waals surface area contributed by atoms with Crippen LogP contribution in [0.3, 0.4) is 0 Å². The Morgan fingerprint density at radius 1 is 1.18 bits per heavy atom. The molecule has 10 heteroatoms. The maximum Gasteiger partial charge on any atom is 0.180 e. The van der Waals surface area contributed by atoms with Gasteiger partial charge < -0.3 is 23.0 Å². The van der Waals surface area contributed by atoms with Crippen molar-refractivity contribution in [2.75, 3.05) is 66.6 Å². The minimum Gasteiger partial charge on any atom is -0.367 e. The Labute approximate surface area is 207 Å². The average molecular weight is 564 g/mol. The van der Waals surface area contributed by atoms with Crippen LogP contribution in [0.15, 0.2) is 30.7 Å². The maximum atomic E-state index is 15.7. The van der Waals surface area contributed by atoms with Crippen LogP contribution in [0.25, 0.3) is 5.65 Å². The van der Waals surface area contributed by atoms with Crippen LogP contribution in [-0.2, 0) is 6.42 Å². The van der Waals surface area contributed by atoms with E-state index in [2.05, 4.69) is 58.4 Å². The number of hydrogen-bond acceptors (Lipinski definition) is 7. The van der Waals surface area contributed by atoms with E-state index in [0.717, 1.165) is 68.7 Å². The number of rotatable bonds is 7. The molecule has 2 aliphatic heterocycles. The van der Waals surface area contributed by atoms with E-state index >= 15 is 4.39 Å². The molecule has 0 aliphatic carbocycles. The Bertz CT molecular complexity index is 1120. The van der Waals surface area contributed by atoms with Crippen molar-refractivity contribution in [1.82, 2.24) is 24.2 Å². The smallest absolute Gasteiger partial charge is 0.180 e. The Morgan fingerprint density at radius 3 is 2.70 bits per heavy atom. The Balaban J connectivity index is 1.37. The zero-order valence-electron chi connectivity index (χ0n) is 19.1. The quantitative estimate of drug-likeness (QED) is 0.338. The minimum atomic E-state index is -0.153. The number of likely N-dealkylation sites (N-methyl/N-ethyl adjacent to an activating group) is 1. The number of nitrogens with zero attached hydrogens (tertiary/aromatic N) is 6. The van der Waals surface area contributed by atoms with Crippen molar-refractivity contribution in [3.05, 3.63) is 47.8 Å². The second-order valence-electron chi connectivity index (χ2n) is 8.91. The van der Waals surface area contributed by atoms with Gasteiger partial charge in [0.2, 0.25) is 0 Å². The van der Waals surface area contributed by atoms with Crippen molar-refractivity contribution in [2.24, 2.45) is 0 Å². The first-order valence-electron chi connectivity index (χ1n) is 11.5. The summed E-state index contributed by atoms with van der Waals surface area (Å²) in [6.07, 6.45) is 5.98. The van der Waals surface area contributed by atoms with Crippen molar-refractivity contribution in [2.45, 2.75) is 19.4 Å². The van der Waals surface area contributed by atoms with Crippen LogP contribution in [0.2, 0.25) is 0 Å². The third kappa shape index (κ3) is 4.60. The van der Waals surface area contributed by atoms with Crippen molar-refractivity contribution in [3.8, 4) is 0 Å². The van der Waals surface area contributed by atoms with Gasteiger partial charge >= 0.3 is 0 Å². The molecule has 0 atom stereocenters. The van der Waals surface area contributed by atoms with E-state index in [9.17, 15) is 0 Å². The standard InChI is InChI=1S/C23H30FIN8/c1-3-26-22-23-27-4-5-32(23)13-18(28-22)11-16-10-17(29-25)12-20(21(16)24)33-14-19(15-33)31-8-6-30(2)7-9-31/h4-5,10,12-13,19,29H,3,6-9,11,14-15H2,1-2H3,(H,26,28). The minimum absolute atomic E-state index is 0.153. The van der Waals surface area contributed by atoms with Crippen LogP contribution < -0.4 is 13.7 Å². The van der Waals surface area contributed by atoms with E-state index < -0.39 is 0 Å². The molecule has 4 heterocycles. The van der Waals surface area contributed by atoms with Gasteiger partial charge in [0.25, 0.3) is 0 Å². The molecule has 2 N–H and O–H groups in total. The van der Waals surface area contributed by atoms with Gasteiger partial charge in [0.05, 0.1) is 34.2 Å². The molecule has 0 saturated carbocycles. The van der Waals surface area contributed by atoms with E-state index in [1.807, 2.05) is 35.9 Å². The van der Waals surface area contributed by atoms with E-state index in [1.54, 1.807) is 6.20 Å². The lowest BCUT2D eigenvalue weighted by Crippen LogP contribution is -2.63. The summed E-state index contributed by atoms with van der Waals surface area (Å²) in [4.78, 5) is 16.2. The third-order valence-electron chi connectivity index (χ3n) is 6.63. The number of anilines is 3. The Morgan fingerprint density at radius 2 is 1.97 bits per heavy atom. The third-order valence-corrected chi connectivity index (χ3v) is 7.26. The second kappa shape index (κ2) is 9.59. The molecule has 2 aliphatic rings. The molecule has 0 spiro atoms. The van der Waals surface area contributed by atoms with E-state index in [1.165, 1.54) is 0 Å². The number of piperazine rings is 1. The Hall–Kier alpha value is -2.18. The van der Waals surface area contributed by atoms with Gasteiger partial charge in [-0.05, 0) is 31.7 Å². The largest absolute Gasteiger partial charge is 0.367 e. The van der Waals surface area contributed by atoms with Crippen LogP contribution in [0.4, 0.5) is 21.6 Å². The topological polar surface area (TPSA) is 64.0 Å². The van der Waals surface area contributed by atoms with Gasteiger partial charge in [-0.1, -0.05) is 0 Å². The molecule has 0 bridgehead atoms. The summed E-state index contributed by atoms with van der Waals surface area (Å²) in [5.74, 6) is 0.571. The van der Waals surface area contributed by atoms with Gasteiger partial charge in [-0.3, -0.25) is 4.90 Å². The molecule has 2 saturated heterocycles. The molecule has 3 aromatic rings. The molecule has 0 amide bonds. The molecule has 1 aromatic carbocycles. The first-order valence-corrected chi connectivity index (χ1v) is 12.6. The average Bonchev–Trinajstić information content (AvgIpc) is 3.25. The zero-order valence-corrected chi connectivity index (χ0v) is 21.2. The summed E-state index contributed by atoms with van der Waals surface area (Å²) in [5.41, 5.74) is 3.79. The van der Waals surface area contributed by atoms with Gasteiger partial charge in [0.15, 0.2) is 11.5 Å². The molecule has 33 heavy (non-hydrogen) atoms. The fraction of sp³-hybridized carbons (Fsp3) is 0.478. The molecule has 2 fully saturated rings. The molecular weight excluding hydrogens is 534 g/mol. The summed E-state index contributed by atoms with van der Waals surface area (Å²) in [6.45, 7) is 8.90. The van der Waals surface area contributed by atoms with Crippen molar-refractivity contribution >= 4 is 45.7 Å². The molecular formula is C23H30FIN8. The second-order valence-corrected chi connectivity index (χ2v) is 9.45. The molecule has 0 radical (unpaired) electrons. The van der Waals surface area contributed by atoms with Crippen molar-refractivity contribution < 1.29 is 4.39 Å². The zero-order chi connectivity index (χ0) is 22.9. The number of aromatic nitrogens is 3. The molecule has 8 nitrogen and oxygen atoms in total. The first kappa shape index (κ1) is 22.6. The van der Waals surface area contributed by atoms with E-state index in [4.69, 9.17) is 4.98 Å². The number of benzene rings is 1. The highest BCUT2D eigenvalue weighted by Crippen LogP contribution is 2.33. The first-order chi connectivity index (χ1) is 16.1. The highest BCUT2D eigenvalue weighted by Gasteiger charge is 2.35. The van der Waals surface area contributed by atoms with Crippen molar-refractivity contribution in [1.29, 1.82) is 0 Å². The number of hydrogen-bond donors (Lipinski definition) is 2. The monoisotopic (exact) mass is 564 g/mol. The summed E-state index contributed by atoms with van der Waals surface area (Å²) in [6, 6.07) is 4.31. The molecule has 2 aromatic heterocycles.